The summed E-state index contributed by atoms with van der Waals surface area (Å²) in [6.45, 7) is 2.47. The highest BCUT2D eigenvalue weighted by Crippen LogP contribution is 2.21. The summed E-state index contributed by atoms with van der Waals surface area (Å²) in [5.41, 5.74) is 6.70. The monoisotopic (exact) mass is 194 g/mol. The Morgan fingerprint density at radius 3 is 2.86 bits per heavy atom. The molecule has 14 heavy (non-hydrogen) atoms. The van der Waals surface area contributed by atoms with Gasteiger partial charge in [0.1, 0.15) is 5.75 Å². The molecule has 1 amide bonds. The van der Waals surface area contributed by atoms with Crippen LogP contribution in [-0.4, -0.2) is 19.6 Å². The number of nitrogens with one attached hydrogen (secondary N) is 1. The van der Waals surface area contributed by atoms with Gasteiger partial charge in [-0.25, -0.2) is 0 Å². The largest absolute Gasteiger partial charge is 0.495 e. The van der Waals surface area contributed by atoms with E-state index in [0.717, 1.165) is 0 Å². The van der Waals surface area contributed by atoms with Crippen molar-refractivity contribution in [2.75, 3.05) is 19.4 Å². The summed E-state index contributed by atoms with van der Waals surface area (Å²) in [4.78, 5) is 11.4. The van der Waals surface area contributed by atoms with E-state index < -0.39 is 0 Å². The SMILES string of the molecule is CCNC(=O)c1ccc(N)c(OC)c1. The molecule has 0 atom stereocenters. The maximum absolute atomic E-state index is 11.4. The summed E-state index contributed by atoms with van der Waals surface area (Å²) >= 11 is 0. The number of carbonyl (C=O) groups excluding carboxylic acids is 1. The van der Waals surface area contributed by atoms with Crippen molar-refractivity contribution in [3.63, 3.8) is 0 Å². The van der Waals surface area contributed by atoms with Gasteiger partial charge in [0.2, 0.25) is 0 Å². The van der Waals surface area contributed by atoms with Crippen LogP contribution in [0.1, 0.15) is 17.3 Å². The molecule has 0 fully saturated rings. The van der Waals surface area contributed by atoms with Crippen LogP contribution in [-0.2, 0) is 0 Å². The second-order valence-corrected chi connectivity index (χ2v) is 2.82. The summed E-state index contributed by atoms with van der Waals surface area (Å²) in [6.07, 6.45) is 0. The van der Waals surface area contributed by atoms with E-state index in [1.807, 2.05) is 6.92 Å². The number of anilines is 1. The Hall–Kier alpha value is -1.71. The molecule has 0 bridgehead atoms. The third kappa shape index (κ3) is 2.16. The Bertz CT molecular complexity index is 337. The van der Waals surface area contributed by atoms with Crippen LogP contribution >= 0.6 is 0 Å². The van der Waals surface area contributed by atoms with E-state index in [-0.39, 0.29) is 5.91 Å². The predicted molar refractivity (Wildman–Crippen MR) is 55.4 cm³/mol. The molecule has 0 aliphatic carbocycles. The maximum Gasteiger partial charge on any atom is 0.251 e. The van der Waals surface area contributed by atoms with E-state index in [1.165, 1.54) is 7.11 Å². The number of amides is 1. The number of nitrogens with two attached hydrogens (primary N) is 1. The van der Waals surface area contributed by atoms with Gasteiger partial charge in [-0.2, -0.15) is 0 Å². The molecule has 0 radical (unpaired) electrons. The molecule has 1 aromatic carbocycles. The number of nitrogen functional groups attached to an aromatic ring is 1. The first-order valence-corrected chi connectivity index (χ1v) is 4.40. The molecule has 3 N–H and O–H groups in total. The number of hydrogen-bond acceptors (Lipinski definition) is 3. The molecule has 4 heteroatoms. The minimum atomic E-state index is -0.120. The zero-order valence-corrected chi connectivity index (χ0v) is 8.33. The molecule has 76 valence electrons. The topological polar surface area (TPSA) is 64.4 Å². The fourth-order valence-corrected chi connectivity index (χ4v) is 1.12. The van der Waals surface area contributed by atoms with E-state index in [4.69, 9.17) is 10.5 Å². The van der Waals surface area contributed by atoms with Crippen LogP contribution in [0.4, 0.5) is 5.69 Å². The fourth-order valence-electron chi connectivity index (χ4n) is 1.12. The summed E-state index contributed by atoms with van der Waals surface area (Å²) in [7, 11) is 1.52. The third-order valence-corrected chi connectivity index (χ3v) is 1.83. The normalized spacial score (nSPS) is 9.57. The summed E-state index contributed by atoms with van der Waals surface area (Å²) in [6, 6.07) is 4.95. The lowest BCUT2D eigenvalue weighted by Crippen LogP contribution is -2.22. The Labute approximate surface area is 83.1 Å². The maximum atomic E-state index is 11.4. The first kappa shape index (κ1) is 10.4. The van der Waals surface area contributed by atoms with Crippen molar-refractivity contribution in [2.45, 2.75) is 6.92 Å². The van der Waals surface area contributed by atoms with Crippen LogP contribution in [0.5, 0.6) is 5.75 Å². The highest BCUT2D eigenvalue weighted by Gasteiger charge is 2.07. The van der Waals surface area contributed by atoms with Gasteiger partial charge in [0.15, 0.2) is 0 Å². The fraction of sp³-hybridized carbons (Fsp3) is 0.300. The average Bonchev–Trinajstić information content (AvgIpc) is 2.19. The second kappa shape index (κ2) is 4.50. The molecule has 0 heterocycles. The quantitative estimate of drug-likeness (QED) is 0.706. The van der Waals surface area contributed by atoms with Gasteiger partial charge in [0.25, 0.3) is 5.91 Å². The summed E-state index contributed by atoms with van der Waals surface area (Å²) < 4.78 is 5.01. The van der Waals surface area contributed by atoms with Crippen LogP contribution < -0.4 is 15.8 Å². The predicted octanol–water partition coefficient (Wildman–Crippen LogP) is 1.03. The molecule has 1 aromatic rings. The molecule has 0 aromatic heterocycles. The highest BCUT2D eigenvalue weighted by molar-refractivity contribution is 5.95. The van der Waals surface area contributed by atoms with Crippen molar-refractivity contribution in [3.8, 4) is 5.75 Å². The first-order chi connectivity index (χ1) is 6.69. The van der Waals surface area contributed by atoms with Crippen LogP contribution in [0.15, 0.2) is 18.2 Å². The Kier molecular flexibility index (Phi) is 3.34. The molecule has 4 nitrogen and oxygen atoms in total. The summed E-state index contributed by atoms with van der Waals surface area (Å²) in [5, 5.41) is 2.70. The second-order valence-electron chi connectivity index (χ2n) is 2.82. The molecular formula is C10H14N2O2. The lowest BCUT2D eigenvalue weighted by Gasteiger charge is -2.07. The van der Waals surface area contributed by atoms with E-state index in [2.05, 4.69) is 5.32 Å². The van der Waals surface area contributed by atoms with Gasteiger partial charge >= 0.3 is 0 Å². The van der Waals surface area contributed by atoms with Gasteiger partial charge < -0.3 is 15.8 Å². The van der Waals surface area contributed by atoms with Crippen LogP contribution in [0.2, 0.25) is 0 Å². The Morgan fingerprint density at radius 1 is 1.57 bits per heavy atom. The van der Waals surface area contributed by atoms with E-state index in [1.54, 1.807) is 18.2 Å². The molecule has 0 saturated heterocycles. The summed E-state index contributed by atoms with van der Waals surface area (Å²) in [5.74, 6) is 0.402. The van der Waals surface area contributed by atoms with E-state index in [9.17, 15) is 4.79 Å². The number of carbonyl (C=O) groups is 1. The van der Waals surface area contributed by atoms with Crippen LogP contribution in [0, 0.1) is 0 Å². The molecule has 0 aliphatic rings. The molecule has 0 spiro atoms. The molecule has 0 unspecified atom stereocenters. The number of ether oxygens (including phenoxy) is 1. The standard InChI is InChI=1S/C10H14N2O2/c1-3-12-10(13)7-4-5-8(11)9(6-7)14-2/h4-6H,3,11H2,1-2H3,(H,12,13). The van der Waals surface area contributed by atoms with Crippen molar-refractivity contribution in [3.05, 3.63) is 23.8 Å². The van der Waals surface area contributed by atoms with Crippen LogP contribution in [0.25, 0.3) is 0 Å². The number of benzene rings is 1. The number of methoxy groups -OCH3 is 1. The van der Waals surface area contributed by atoms with Crippen molar-refractivity contribution < 1.29 is 9.53 Å². The smallest absolute Gasteiger partial charge is 0.251 e. The van der Waals surface area contributed by atoms with Gasteiger partial charge in [0.05, 0.1) is 12.8 Å². The minimum absolute atomic E-state index is 0.120. The zero-order chi connectivity index (χ0) is 10.6. The first-order valence-electron chi connectivity index (χ1n) is 4.40. The Balaban J connectivity index is 2.94. The lowest BCUT2D eigenvalue weighted by atomic mass is 10.2. The lowest BCUT2D eigenvalue weighted by molar-refractivity contribution is 0.0955. The zero-order valence-electron chi connectivity index (χ0n) is 8.33. The van der Waals surface area contributed by atoms with Crippen LogP contribution in [0.3, 0.4) is 0 Å². The number of rotatable bonds is 3. The van der Waals surface area contributed by atoms with E-state index in [0.29, 0.717) is 23.5 Å². The van der Waals surface area contributed by atoms with Gasteiger partial charge in [0, 0.05) is 12.1 Å². The Morgan fingerprint density at radius 2 is 2.29 bits per heavy atom. The van der Waals surface area contributed by atoms with E-state index >= 15 is 0 Å². The van der Waals surface area contributed by atoms with Gasteiger partial charge in [-0.1, -0.05) is 0 Å². The van der Waals surface area contributed by atoms with Crippen molar-refractivity contribution >= 4 is 11.6 Å². The van der Waals surface area contributed by atoms with Gasteiger partial charge in [-0.3, -0.25) is 4.79 Å². The molecule has 0 aliphatic heterocycles. The van der Waals surface area contributed by atoms with Gasteiger partial charge in [-0.15, -0.1) is 0 Å². The average molecular weight is 194 g/mol. The van der Waals surface area contributed by atoms with Crippen molar-refractivity contribution in [1.29, 1.82) is 0 Å². The minimum Gasteiger partial charge on any atom is -0.495 e. The van der Waals surface area contributed by atoms with Gasteiger partial charge in [-0.05, 0) is 25.1 Å². The highest BCUT2D eigenvalue weighted by atomic mass is 16.5. The molecule has 0 saturated carbocycles. The molecular weight excluding hydrogens is 180 g/mol. The number of hydrogen-bond donors (Lipinski definition) is 2. The van der Waals surface area contributed by atoms with Crippen molar-refractivity contribution in [2.24, 2.45) is 0 Å². The molecule has 1 rings (SSSR count). The van der Waals surface area contributed by atoms with Crippen molar-refractivity contribution in [1.82, 2.24) is 5.32 Å². The third-order valence-electron chi connectivity index (χ3n) is 1.83.